The summed E-state index contributed by atoms with van der Waals surface area (Å²) in [6.07, 6.45) is 5.12. The highest BCUT2D eigenvalue weighted by Gasteiger charge is 2.48. The Morgan fingerprint density at radius 3 is 2.22 bits per heavy atom. The summed E-state index contributed by atoms with van der Waals surface area (Å²) in [6.45, 7) is -0.243. The van der Waals surface area contributed by atoms with Gasteiger partial charge in [-0.1, -0.05) is 43.2 Å². The van der Waals surface area contributed by atoms with Crippen LogP contribution in [0.4, 0.5) is 5.82 Å². The lowest BCUT2D eigenvalue weighted by Crippen LogP contribution is -2.38. The Morgan fingerprint density at radius 1 is 0.963 bits per heavy atom. The van der Waals surface area contributed by atoms with Gasteiger partial charge in [-0.25, -0.2) is 4.98 Å². The van der Waals surface area contributed by atoms with Crippen molar-refractivity contribution >= 4 is 23.5 Å². The molecule has 2 aliphatic rings. The van der Waals surface area contributed by atoms with Gasteiger partial charge in [0.2, 0.25) is 17.7 Å². The number of benzene rings is 1. The van der Waals surface area contributed by atoms with Gasteiger partial charge in [0, 0.05) is 11.8 Å². The fraction of sp³-hybridized carbons (Fsp3) is 0.333. The lowest BCUT2D eigenvalue weighted by atomic mass is 9.81. The molecule has 0 radical (unpaired) electrons. The number of likely N-dealkylation sites (tertiary alicyclic amines) is 1. The van der Waals surface area contributed by atoms with Crippen LogP contribution >= 0.6 is 0 Å². The molecule has 1 aromatic heterocycles. The molecular weight excluding hydrogens is 342 g/mol. The van der Waals surface area contributed by atoms with Crippen molar-refractivity contribution in [2.24, 2.45) is 11.8 Å². The van der Waals surface area contributed by atoms with E-state index in [0.29, 0.717) is 5.82 Å². The van der Waals surface area contributed by atoms with Crippen molar-refractivity contribution in [2.75, 3.05) is 11.9 Å². The molecule has 2 fully saturated rings. The van der Waals surface area contributed by atoms with Gasteiger partial charge in [-0.2, -0.15) is 0 Å². The third-order valence-electron chi connectivity index (χ3n) is 5.37. The summed E-state index contributed by atoms with van der Waals surface area (Å²) in [7, 11) is 0. The van der Waals surface area contributed by atoms with Crippen LogP contribution in [0.15, 0.2) is 48.7 Å². The molecule has 1 aliphatic carbocycles. The summed E-state index contributed by atoms with van der Waals surface area (Å²) in [5.74, 6) is -0.879. The van der Waals surface area contributed by atoms with Crippen LogP contribution < -0.4 is 5.32 Å². The molecule has 3 amide bonds. The normalized spacial score (nSPS) is 21.9. The minimum Gasteiger partial charge on any atom is -0.309 e. The van der Waals surface area contributed by atoms with E-state index >= 15 is 0 Å². The maximum Gasteiger partial charge on any atom is 0.245 e. The Morgan fingerprint density at radius 2 is 1.63 bits per heavy atom. The molecule has 0 unspecified atom stereocenters. The second-order valence-electron chi connectivity index (χ2n) is 7.11. The van der Waals surface area contributed by atoms with Gasteiger partial charge >= 0.3 is 0 Å². The van der Waals surface area contributed by atoms with Crippen LogP contribution in [0.3, 0.4) is 0 Å². The highest BCUT2D eigenvalue weighted by Crippen LogP contribution is 2.37. The molecule has 2 atom stereocenters. The van der Waals surface area contributed by atoms with Gasteiger partial charge in [-0.15, -0.1) is 0 Å². The largest absolute Gasteiger partial charge is 0.309 e. The van der Waals surface area contributed by atoms with E-state index in [9.17, 15) is 14.4 Å². The summed E-state index contributed by atoms with van der Waals surface area (Å²) in [5.41, 5.74) is 1.99. The van der Waals surface area contributed by atoms with E-state index in [1.807, 2.05) is 36.4 Å². The summed E-state index contributed by atoms with van der Waals surface area (Å²) in [4.78, 5) is 42.6. The van der Waals surface area contributed by atoms with Gasteiger partial charge in [0.25, 0.3) is 0 Å². The number of carbonyl (C=O) groups is 3. The van der Waals surface area contributed by atoms with Gasteiger partial charge in [0.05, 0.1) is 11.8 Å². The molecule has 2 aromatic rings. The average molecular weight is 363 g/mol. The molecule has 4 rings (SSSR count). The SMILES string of the molecule is O=C(CN1C(=O)[C@H]2CCCC[C@@H]2C1=O)Nc1ccc(-c2ccccc2)cn1. The van der Waals surface area contributed by atoms with Crippen LogP contribution in [0.25, 0.3) is 11.1 Å². The van der Waals surface area contributed by atoms with Gasteiger partial charge in [-0.05, 0) is 30.5 Å². The number of carbonyl (C=O) groups excluding carboxylic acids is 3. The van der Waals surface area contributed by atoms with Crippen LogP contribution in [0.1, 0.15) is 25.7 Å². The number of aromatic nitrogens is 1. The molecule has 0 bridgehead atoms. The number of amides is 3. The van der Waals surface area contributed by atoms with Crippen molar-refractivity contribution in [1.29, 1.82) is 0 Å². The first-order valence-corrected chi connectivity index (χ1v) is 9.30. The van der Waals surface area contributed by atoms with Crippen molar-refractivity contribution in [3.05, 3.63) is 48.7 Å². The highest BCUT2D eigenvalue weighted by molar-refractivity contribution is 6.08. The summed E-state index contributed by atoms with van der Waals surface area (Å²) in [6, 6.07) is 13.4. The number of nitrogens with zero attached hydrogens (tertiary/aromatic N) is 2. The smallest absolute Gasteiger partial charge is 0.245 e. The summed E-state index contributed by atoms with van der Waals surface area (Å²) < 4.78 is 0. The molecule has 0 spiro atoms. The molecule has 6 heteroatoms. The third-order valence-corrected chi connectivity index (χ3v) is 5.37. The van der Waals surface area contributed by atoms with Crippen molar-refractivity contribution in [2.45, 2.75) is 25.7 Å². The quantitative estimate of drug-likeness (QED) is 0.847. The first-order valence-electron chi connectivity index (χ1n) is 9.30. The lowest BCUT2D eigenvalue weighted by molar-refractivity contribution is -0.142. The second-order valence-corrected chi connectivity index (χ2v) is 7.11. The van der Waals surface area contributed by atoms with Crippen LogP contribution in [0, 0.1) is 11.8 Å². The first-order chi connectivity index (χ1) is 13.1. The third kappa shape index (κ3) is 3.47. The van der Waals surface area contributed by atoms with Gasteiger partial charge in [0.15, 0.2) is 0 Å². The lowest BCUT2D eigenvalue weighted by Gasteiger charge is -2.19. The maximum atomic E-state index is 12.4. The van der Waals surface area contributed by atoms with Crippen molar-refractivity contribution in [3.8, 4) is 11.1 Å². The van der Waals surface area contributed by atoms with E-state index in [2.05, 4.69) is 10.3 Å². The average Bonchev–Trinajstić information content (AvgIpc) is 2.94. The zero-order valence-electron chi connectivity index (χ0n) is 14.9. The Kier molecular flexibility index (Phi) is 4.71. The van der Waals surface area contributed by atoms with Gasteiger partial charge in [-0.3, -0.25) is 19.3 Å². The van der Waals surface area contributed by atoms with Crippen LogP contribution in [-0.4, -0.2) is 34.2 Å². The minimum atomic E-state index is -0.407. The number of imide groups is 1. The topological polar surface area (TPSA) is 79.4 Å². The number of hydrogen-bond acceptors (Lipinski definition) is 4. The fourth-order valence-electron chi connectivity index (χ4n) is 3.98. The molecule has 2 heterocycles. The van der Waals surface area contributed by atoms with Gasteiger partial charge in [0.1, 0.15) is 12.4 Å². The summed E-state index contributed by atoms with van der Waals surface area (Å²) in [5, 5.41) is 2.67. The molecule has 1 N–H and O–H groups in total. The van der Waals surface area contributed by atoms with E-state index in [4.69, 9.17) is 0 Å². The van der Waals surface area contributed by atoms with Gasteiger partial charge < -0.3 is 5.32 Å². The molecular formula is C21H21N3O3. The Balaban J connectivity index is 1.39. The van der Waals surface area contributed by atoms with Crippen LogP contribution in [0.5, 0.6) is 0 Å². The number of nitrogens with one attached hydrogen (secondary N) is 1. The standard InChI is InChI=1S/C21H21N3O3/c25-19(13-24-20(26)16-8-4-5-9-17(16)21(24)27)23-18-11-10-15(12-22-18)14-6-2-1-3-7-14/h1-3,6-7,10-12,16-17H,4-5,8-9,13H2,(H,22,23,25)/t16-,17-/m0/s1. The van der Waals surface area contributed by atoms with E-state index in [1.165, 1.54) is 0 Å². The first kappa shape index (κ1) is 17.4. The monoisotopic (exact) mass is 363 g/mol. The predicted molar refractivity (Wildman–Crippen MR) is 100 cm³/mol. The zero-order chi connectivity index (χ0) is 18.8. The zero-order valence-corrected chi connectivity index (χ0v) is 14.9. The van der Waals surface area contributed by atoms with Crippen LogP contribution in [-0.2, 0) is 14.4 Å². The number of hydrogen-bond donors (Lipinski definition) is 1. The number of fused-ring (bicyclic) bond motifs is 1. The number of pyridine rings is 1. The minimum absolute atomic E-state index is 0.202. The fourth-order valence-corrected chi connectivity index (χ4v) is 3.98. The molecule has 27 heavy (non-hydrogen) atoms. The van der Waals surface area contributed by atoms with Crippen molar-refractivity contribution < 1.29 is 14.4 Å². The molecule has 6 nitrogen and oxygen atoms in total. The summed E-state index contributed by atoms with van der Waals surface area (Å²) >= 11 is 0. The molecule has 1 saturated carbocycles. The van der Waals surface area contributed by atoms with Crippen LogP contribution in [0.2, 0.25) is 0 Å². The molecule has 138 valence electrons. The number of rotatable bonds is 4. The maximum absolute atomic E-state index is 12.4. The molecule has 1 saturated heterocycles. The predicted octanol–water partition coefficient (Wildman–Crippen LogP) is 2.86. The highest BCUT2D eigenvalue weighted by atomic mass is 16.2. The second kappa shape index (κ2) is 7.31. The number of anilines is 1. The van der Waals surface area contributed by atoms with Crippen molar-refractivity contribution in [3.63, 3.8) is 0 Å². The van der Waals surface area contributed by atoms with Crippen molar-refractivity contribution in [1.82, 2.24) is 9.88 Å². The molecule has 1 aromatic carbocycles. The molecule has 1 aliphatic heterocycles. The van der Waals surface area contributed by atoms with E-state index < -0.39 is 5.91 Å². The Bertz CT molecular complexity index is 840. The van der Waals surface area contributed by atoms with E-state index in [1.54, 1.807) is 12.3 Å². The Hall–Kier alpha value is -3.02. The van der Waals surface area contributed by atoms with E-state index in [0.717, 1.165) is 41.7 Å². The van der Waals surface area contributed by atoms with E-state index in [-0.39, 0.29) is 30.2 Å². The Labute approximate surface area is 157 Å².